The molecule has 2 N–H and O–H groups in total. The van der Waals surface area contributed by atoms with Crippen LogP contribution in [-0.2, 0) is 11.3 Å². The molecule has 0 saturated heterocycles. The van der Waals surface area contributed by atoms with E-state index in [2.05, 4.69) is 10.1 Å². The molecule has 0 saturated carbocycles. The zero-order chi connectivity index (χ0) is 12.3. The van der Waals surface area contributed by atoms with Crippen molar-refractivity contribution in [2.24, 2.45) is 0 Å². The minimum Gasteiger partial charge on any atom is -0.399 e. The van der Waals surface area contributed by atoms with Crippen molar-refractivity contribution in [1.82, 2.24) is 10.1 Å². The highest BCUT2D eigenvalue weighted by Crippen LogP contribution is 2.21. The van der Waals surface area contributed by atoms with Crippen molar-refractivity contribution in [3.05, 3.63) is 29.6 Å². The van der Waals surface area contributed by atoms with E-state index >= 15 is 0 Å². The van der Waals surface area contributed by atoms with Crippen LogP contribution in [0.2, 0.25) is 0 Å². The largest absolute Gasteiger partial charge is 0.399 e. The van der Waals surface area contributed by atoms with Gasteiger partial charge in [-0.3, -0.25) is 0 Å². The second-order valence-corrected chi connectivity index (χ2v) is 3.72. The summed E-state index contributed by atoms with van der Waals surface area (Å²) in [7, 11) is 0. The summed E-state index contributed by atoms with van der Waals surface area (Å²) in [4.78, 5) is 4.25. The van der Waals surface area contributed by atoms with E-state index in [-0.39, 0.29) is 0 Å². The number of aryl methyl sites for hydroxylation is 1. The first-order valence-electron chi connectivity index (χ1n) is 5.47. The molecule has 1 aromatic heterocycles. The number of anilines is 1. The summed E-state index contributed by atoms with van der Waals surface area (Å²) >= 11 is 0. The van der Waals surface area contributed by atoms with Crippen LogP contribution >= 0.6 is 0 Å². The van der Waals surface area contributed by atoms with Crippen LogP contribution in [-0.4, -0.2) is 16.7 Å². The van der Waals surface area contributed by atoms with E-state index in [1.54, 1.807) is 0 Å². The predicted molar refractivity (Wildman–Crippen MR) is 64.2 cm³/mol. The summed E-state index contributed by atoms with van der Waals surface area (Å²) in [5, 5.41) is 3.84. The van der Waals surface area contributed by atoms with Gasteiger partial charge in [0.25, 0.3) is 5.89 Å². The fourth-order valence-electron chi connectivity index (χ4n) is 1.43. The van der Waals surface area contributed by atoms with Gasteiger partial charge in [0, 0.05) is 17.9 Å². The molecule has 0 radical (unpaired) electrons. The van der Waals surface area contributed by atoms with Crippen LogP contribution in [0.15, 0.2) is 22.7 Å². The van der Waals surface area contributed by atoms with Gasteiger partial charge in [-0.2, -0.15) is 4.98 Å². The lowest BCUT2D eigenvalue weighted by Crippen LogP contribution is -1.94. The summed E-state index contributed by atoms with van der Waals surface area (Å²) in [5.74, 6) is 1.04. The van der Waals surface area contributed by atoms with Crippen molar-refractivity contribution in [2.45, 2.75) is 20.5 Å². The van der Waals surface area contributed by atoms with E-state index in [4.69, 9.17) is 15.0 Å². The number of benzene rings is 1. The molecule has 0 spiro atoms. The molecule has 0 amide bonds. The molecule has 1 aromatic carbocycles. The van der Waals surface area contributed by atoms with Crippen molar-refractivity contribution in [1.29, 1.82) is 0 Å². The molecule has 0 unspecified atom stereocenters. The van der Waals surface area contributed by atoms with Crippen molar-refractivity contribution >= 4 is 5.69 Å². The molecule has 0 bridgehead atoms. The summed E-state index contributed by atoms with van der Waals surface area (Å²) in [6.45, 7) is 4.86. The van der Waals surface area contributed by atoms with Gasteiger partial charge < -0.3 is 15.0 Å². The van der Waals surface area contributed by atoms with Crippen LogP contribution in [0.1, 0.15) is 18.3 Å². The summed E-state index contributed by atoms with van der Waals surface area (Å²) in [6, 6.07) is 5.62. The number of ether oxygens (including phenoxy) is 1. The maximum Gasteiger partial charge on any atom is 0.258 e. The van der Waals surface area contributed by atoms with E-state index < -0.39 is 0 Å². The molecule has 5 nitrogen and oxygen atoms in total. The number of aromatic nitrogens is 2. The quantitative estimate of drug-likeness (QED) is 0.819. The summed E-state index contributed by atoms with van der Waals surface area (Å²) in [5.41, 5.74) is 8.36. The Morgan fingerprint density at radius 1 is 1.41 bits per heavy atom. The Bertz CT molecular complexity index is 508. The molecule has 2 aromatic rings. The zero-order valence-electron chi connectivity index (χ0n) is 9.93. The summed E-state index contributed by atoms with van der Waals surface area (Å²) < 4.78 is 10.4. The highest BCUT2D eigenvalue weighted by atomic mass is 16.5. The minimum atomic E-state index is 0.369. The van der Waals surface area contributed by atoms with Gasteiger partial charge in [-0.15, -0.1) is 0 Å². The molecule has 2 rings (SSSR count). The number of nitrogen functional groups attached to an aromatic ring is 1. The van der Waals surface area contributed by atoms with E-state index in [1.165, 1.54) is 0 Å². The Morgan fingerprint density at radius 3 is 2.94 bits per heavy atom. The van der Waals surface area contributed by atoms with E-state index in [0.717, 1.165) is 16.8 Å². The smallest absolute Gasteiger partial charge is 0.258 e. The highest BCUT2D eigenvalue weighted by molar-refractivity contribution is 5.60. The number of rotatable bonds is 4. The molecule has 5 heteroatoms. The molecule has 0 aliphatic rings. The molecule has 1 heterocycles. The minimum absolute atomic E-state index is 0.369. The normalized spacial score (nSPS) is 10.7. The molecule has 0 aliphatic carbocycles. The third kappa shape index (κ3) is 2.62. The number of hydrogen-bond donors (Lipinski definition) is 1. The standard InChI is InChI=1S/C12H15N3O2/c1-3-16-7-11-14-12(17-15-11)9-4-5-10(13)8(2)6-9/h4-6H,3,7,13H2,1-2H3. The van der Waals surface area contributed by atoms with E-state index in [0.29, 0.717) is 24.9 Å². The maximum atomic E-state index is 5.75. The van der Waals surface area contributed by atoms with Crippen LogP contribution in [0.25, 0.3) is 11.5 Å². The average Bonchev–Trinajstić information content (AvgIpc) is 2.79. The molecule has 0 fully saturated rings. The molecular weight excluding hydrogens is 218 g/mol. The predicted octanol–water partition coefficient (Wildman–Crippen LogP) is 2.16. The zero-order valence-corrected chi connectivity index (χ0v) is 9.93. The third-order valence-electron chi connectivity index (χ3n) is 2.42. The number of hydrogen-bond acceptors (Lipinski definition) is 5. The second kappa shape index (κ2) is 4.97. The van der Waals surface area contributed by atoms with Crippen molar-refractivity contribution in [3.63, 3.8) is 0 Å². The van der Waals surface area contributed by atoms with Crippen molar-refractivity contribution < 1.29 is 9.26 Å². The third-order valence-corrected chi connectivity index (χ3v) is 2.42. The Balaban J connectivity index is 2.21. The lowest BCUT2D eigenvalue weighted by molar-refractivity contribution is 0.126. The second-order valence-electron chi connectivity index (χ2n) is 3.72. The Morgan fingerprint density at radius 2 is 2.24 bits per heavy atom. The topological polar surface area (TPSA) is 74.2 Å². The fraction of sp³-hybridized carbons (Fsp3) is 0.333. The van der Waals surface area contributed by atoms with Crippen molar-refractivity contribution in [2.75, 3.05) is 12.3 Å². The molecular formula is C12H15N3O2. The fourth-order valence-corrected chi connectivity index (χ4v) is 1.43. The van der Waals surface area contributed by atoms with Gasteiger partial charge >= 0.3 is 0 Å². The monoisotopic (exact) mass is 233 g/mol. The van der Waals surface area contributed by atoms with E-state index in [1.807, 2.05) is 32.0 Å². The maximum absolute atomic E-state index is 5.75. The first kappa shape index (κ1) is 11.6. The van der Waals surface area contributed by atoms with Gasteiger partial charge in [-0.1, -0.05) is 5.16 Å². The van der Waals surface area contributed by atoms with Gasteiger partial charge in [0.1, 0.15) is 6.61 Å². The molecule has 90 valence electrons. The van der Waals surface area contributed by atoms with E-state index in [9.17, 15) is 0 Å². The average molecular weight is 233 g/mol. The van der Waals surface area contributed by atoms with Crippen LogP contribution in [0, 0.1) is 6.92 Å². The number of nitrogens with zero attached hydrogens (tertiary/aromatic N) is 2. The first-order chi connectivity index (χ1) is 8.20. The van der Waals surface area contributed by atoms with Gasteiger partial charge in [-0.05, 0) is 37.6 Å². The SMILES string of the molecule is CCOCc1noc(-c2ccc(N)c(C)c2)n1. The Hall–Kier alpha value is -1.88. The van der Waals surface area contributed by atoms with Crippen LogP contribution < -0.4 is 5.73 Å². The highest BCUT2D eigenvalue weighted by Gasteiger charge is 2.09. The molecule has 0 aliphatic heterocycles. The van der Waals surface area contributed by atoms with Gasteiger partial charge in [-0.25, -0.2) is 0 Å². The van der Waals surface area contributed by atoms with Crippen LogP contribution in [0.4, 0.5) is 5.69 Å². The van der Waals surface area contributed by atoms with Crippen LogP contribution in [0.5, 0.6) is 0 Å². The summed E-state index contributed by atoms with van der Waals surface area (Å²) in [6.07, 6.45) is 0. The molecule has 17 heavy (non-hydrogen) atoms. The lowest BCUT2D eigenvalue weighted by Gasteiger charge is -2.00. The number of nitrogens with two attached hydrogens (primary N) is 1. The van der Waals surface area contributed by atoms with Gasteiger partial charge in [0.2, 0.25) is 0 Å². The van der Waals surface area contributed by atoms with Crippen LogP contribution in [0.3, 0.4) is 0 Å². The van der Waals surface area contributed by atoms with Gasteiger partial charge in [0.15, 0.2) is 5.82 Å². The Kier molecular flexibility index (Phi) is 3.39. The Labute approximate surface area is 99.6 Å². The first-order valence-corrected chi connectivity index (χ1v) is 5.47. The molecule has 0 atom stereocenters. The van der Waals surface area contributed by atoms with Crippen molar-refractivity contribution in [3.8, 4) is 11.5 Å². The lowest BCUT2D eigenvalue weighted by atomic mass is 10.1. The van der Waals surface area contributed by atoms with Gasteiger partial charge in [0.05, 0.1) is 0 Å².